The van der Waals surface area contributed by atoms with E-state index in [0.717, 1.165) is 26.8 Å². The molecule has 0 aliphatic heterocycles. The molecule has 1 amide bonds. The number of carbonyl (C=O) groups is 1. The molecule has 0 aliphatic carbocycles. The number of aromatic nitrogens is 2. The van der Waals surface area contributed by atoms with Gasteiger partial charge in [-0.2, -0.15) is 0 Å². The SMILES string of the molecule is Cc1cccc(NC(=O)Cn2ccn(-c3ccc(F)c(F)c3)c(=O)c2=O)c1. The van der Waals surface area contributed by atoms with Gasteiger partial charge < -0.3 is 5.32 Å². The summed E-state index contributed by atoms with van der Waals surface area (Å²) in [5.41, 5.74) is -0.400. The van der Waals surface area contributed by atoms with Gasteiger partial charge in [-0.15, -0.1) is 0 Å². The van der Waals surface area contributed by atoms with E-state index in [9.17, 15) is 23.2 Å². The zero-order valence-electron chi connectivity index (χ0n) is 14.3. The van der Waals surface area contributed by atoms with Crippen LogP contribution in [0.5, 0.6) is 0 Å². The fraction of sp³-hybridized carbons (Fsp3) is 0.105. The Morgan fingerprint density at radius 3 is 2.48 bits per heavy atom. The first kappa shape index (κ1) is 18.2. The van der Waals surface area contributed by atoms with E-state index in [4.69, 9.17) is 0 Å². The second kappa shape index (κ2) is 7.36. The van der Waals surface area contributed by atoms with Crippen molar-refractivity contribution in [2.45, 2.75) is 13.5 Å². The average molecular weight is 371 g/mol. The number of benzene rings is 2. The number of carbonyl (C=O) groups excluding carboxylic acids is 1. The first-order valence-corrected chi connectivity index (χ1v) is 7.99. The minimum absolute atomic E-state index is 0.00682. The Balaban J connectivity index is 1.84. The van der Waals surface area contributed by atoms with E-state index in [2.05, 4.69) is 5.32 Å². The Hall–Kier alpha value is -3.55. The third-order valence-corrected chi connectivity index (χ3v) is 3.86. The predicted molar refractivity (Wildman–Crippen MR) is 96.0 cm³/mol. The van der Waals surface area contributed by atoms with Crippen molar-refractivity contribution in [3.8, 4) is 5.69 Å². The molecule has 0 spiro atoms. The third kappa shape index (κ3) is 4.00. The summed E-state index contributed by atoms with van der Waals surface area (Å²) in [6, 6.07) is 9.96. The maximum atomic E-state index is 13.4. The van der Waals surface area contributed by atoms with Crippen LogP contribution in [0.15, 0.2) is 64.4 Å². The van der Waals surface area contributed by atoms with E-state index in [0.29, 0.717) is 5.69 Å². The van der Waals surface area contributed by atoms with Gasteiger partial charge in [-0.05, 0) is 36.8 Å². The summed E-state index contributed by atoms with van der Waals surface area (Å²) >= 11 is 0. The number of aryl methyl sites for hydroxylation is 1. The predicted octanol–water partition coefficient (Wildman–Crippen LogP) is 2.22. The van der Waals surface area contributed by atoms with Crippen molar-refractivity contribution in [3.05, 3.63) is 92.8 Å². The summed E-state index contributed by atoms with van der Waals surface area (Å²) < 4.78 is 28.2. The van der Waals surface area contributed by atoms with Gasteiger partial charge in [0.05, 0.1) is 5.69 Å². The highest BCUT2D eigenvalue weighted by atomic mass is 19.2. The quantitative estimate of drug-likeness (QED) is 0.715. The van der Waals surface area contributed by atoms with Gasteiger partial charge in [-0.3, -0.25) is 23.5 Å². The second-order valence-corrected chi connectivity index (χ2v) is 5.92. The van der Waals surface area contributed by atoms with Crippen molar-refractivity contribution >= 4 is 11.6 Å². The van der Waals surface area contributed by atoms with E-state index in [-0.39, 0.29) is 12.2 Å². The molecule has 1 aromatic heterocycles. The molecule has 0 saturated carbocycles. The van der Waals surface area contributed by atoms with Gasteiger partial charge in [0.15, 0.2) is 11.6 Å². The molecule has 6 nitrogen and oxygen atoms in total. The molecule has 0 unspecified atom stereocenters. The van der Waals surface area contributed by atoms with Crippen molar-refractivity contribution in [1.29, 1.82) is 0 Å². The molecule has 27 heavy (non-hydrogen) atoms. The number of hydrogen-bond donors (Lipinski definition) is 1. The molecule has 0 fully saturated rings. The summed E-state index contributed by atoms with van der Waals surface area (Å²) in [5.74, 6) is -2.68. The van der Waals surface area contributed by atoms with Crippen LogP contribution >= 0.6 is 0 Å². The van der Waals surface area contributed by atoms with Crippen molar-refractivity contribution in [1.82, 2.24) is 9.13 Å². The number of nitrogens with one attached hydrogen (secondary N) is 1. The highest BCUT2D eigenvalue weighted by molar-refractivity contribution is 5.90. The molecule has 138 valence electrons. The Morgan fingerprint density at radius 1 is 1.00 bits per heavy atom. The van der Waals surface area contributed by atoms with Crippen LogP contribution in [0.25, 0.3) is 5.69 Å². The van der Waals surface area contributed by atoms with Gasteiger partial charge in [0, 0.05) is 24.1 Å². The normalized spacial score (nSPS) is 10.6. The first-order chi connectivity index (χ1) is 12.8. The van der Waals surface area contributed by atoms with Crippen LogP contribution in [0.3, 0.4) is 0 Å². The summed E-state index contributed by atoms with van der Waals surface area (Å²) in [6.07, 6.45) is 2.46. The van der Waals surface area contributed by atoms with E-state index in [1.165, 1.54) is 18.5 Å². The Bertz CT molecular complexity index is 1140. The lowest BCUT2D eigenvalue weighted by Gasteiger charge is -2.10. The van der Waals surface area contributed by atoms with Crippen molar-refractivity contribution in [2.24, 2.45) is 0 Å². The third-order valence-electron chi connectivity index (χ3n) is 3.86. The molecule has 8 heteroatoms. The monoisotopic (exact) mass is 371 g/mol. The molecule has 3 aromatic rings. The summed E-state index contributed by atoms with van der Waals surface area (Å²) in [5, 5.41) is 2.64. The van der Waals surface area contributed by atoms with Crippen LogP contribution in [0.4, 0.5) is 14.5 Å². The number of hydrogen-bond acceptors (Lipinski definition) is 3. The lowest BCUT2D eigenvalue weighted by molar-refractivity contribution is -0.116. The maximum absolute atomic E-state index is 13.4. The fourth-order valence-electron chi connectivity index (χ4n) is 2.55. The van der Waals surface area contributed by atoms with Crippen molar-refractivity contribution < 1.29 is 13.6 Å². The summed E-state index contributed by atoms with van der Waals surface area (Å²) in [7, 11) is 0. The lowest BCUT2D eigenvalue weighted by atomic mass is 10.2. The van der Waals surface area contributed by atoms with Crippen LogP contribution in [0.2, 0.25) is 0 Å². The van der Waals surface area contributed by atoms with E-state index < -0.39 is 28.7 Å². The average Bonchev–Trinajstić information content (AvgIpc) is 2.62. The van der Waals surface area contributed by atoms with Gasteiger partial charge in [0.2, 0.25) is 5.91 Å². The first-order valence-electron chi connectivity index (χ1n) is 7.99. The highest BCUT2D eigenvalue weighted by Gasteiger charge is 2.12. The number of nitrogens with zero attached hydrogens (tertiary/aromatic N) is 2. The van der Waals surface area contributed by atoms with Crippen LogP contribution < -0.4 is 16.4 Å². The van der Waals surface area contributed by atoms with Crippen LogP contribution in [-0.4, -0.2) is 15.0 Å². The fourth-order valence-corrected chi connectivity index (χ4v) is 2.55. The smallest absolute Gasteiger partial charge is 0.320 e. The van der Waals surface area contributed by atoms with Crippen LogP contribution in [0.1, 0.15) is 5.56 Å². The van der Waals surface area contributed by atoms with Gasteiger partial charge >= 0.3 is 11.1 Å². The van der Waals surface area contributed by atoms with Crippen LogP contribution in [0, 0.1) is 18.6 Å². The van der Waals surface area contributed by atoms with Gasteiger partial charge in [0.25, 0.3) is 0 Å². The Morgan fingerprint density at radius 2 is 1.78 bits per heavy atom. The molecular weight excluding hydrogens is 356 g/mol. The molecular formula is C19H15F2N3O3. The summed E-state index contributed by atoms with van der Waals surface area (Å²) in [4.78, 5) is 36.6. The number of anilines is 1. The molecule has 0 radical (unpaired) electrons. The molecule has 0 atom stereocenters. The molecule has 0 saturated heterocycles. The van der Waals surface area contributed by atoms with Gasteiger partial charge in [0.1, 0.15) is 6.54 Å². The van der Waals surface area contributed by atoms with Crippen molar-refractivity contribution in [3.63, 3.8) is 0 Å². The van der Waals surface area contributed by atoms with Gasteiger partial charge in [-0.25, -0.2) is 8.78 Å². The van der Waals surface area contributed by atoms with E-state index >= 15 is 0 Å². The molecule has 1 N–H and O–H groups in total. The number of halogens is 2. The summed E-state index contributed by atoms with van der Waals surface area (Å²) in [6.45, 7) is 1.51. The Labute approximate surface area is 152 Å². The zero-order valence-corrected chi connectivity index (χ0v) is 14.3. The second-order valence-electron chi connectivity index (χ2n) is 5.92. The highest BCUT2D eigenvalue weighted by Crippen LogP contribution is 2.11. The van der Waals surface area contributed by atoms with E-state index in [1.54, 1.807) is 18.2 Å². The molecule has 0 bridgehead atoms. The molecule has 0 aliphatic rings. The van der Waals surface area contributed by atoms with Crippen molar-refractivity contribution in [2.75, 3.05) is 5.32 Å². The molecule has 3 rings (SSSR count). The standard InChI is InChI=1S/C19H15F2N3O3/c1-12-3-2-4-13(9-12)22-17(25)11-23-7-8-24(19(27)18(23)26)14-5-6-15(20)16(21)10-14/h2-10H,11H2,1H3,(H,22,25). The Kier molecular flexibility index (Phi) is 4.98. The molecule has 1 heterocycles. The largest absolute Gasteiger partial charge is 0.325 e. The minimum Gasteiger partial charge on any atom is -0.325 e. The van der Waals surface area contributed by atoms with Crippen LogP contribution in [-0.2, 0) is 11.3 Å². The minimum atomic E-state index is -1.14. The lowest BCUT2D eigenvalue weighted by Crippen LogP contribution is -2.41. The zero-order chi connectivity index (χ0) is 19.6. The van der Waals surface area contributed by atoms with E-state index in [1.807, 2.05) is 13.0 Å². The maximum Gasteiger partial charge on any atom is 0.320 e. The number of amides is 1. The molecule has 2 aromatic carbocycles. The number of rotatable bonds is 4. The van der Waals surface area contributed by atoms with Gasteiger partial charge in [-0.1, -0.05) is 12.1 Å². The topological polar surface area (TPSA) is 73.1 Å².